The molecule has 0 aliphatic carbocycles. The highest BCUT2D eigenvalue weighted by molar-refractivity contribution is 9.10. The van der Waals surface area contributed by atoms with Gasteiger partial charge in [-0.15, -0.1) is 0 Å². The second-order valence-electron chi connectivity index (χ2n) is 7.25. The van der Waals surface area contributed by atoms with Gasteiger partial charge >= 0.3 is 0 Å². The fourth-order valence-electron chi connectivity index (χ4n) is 3.57. The molecule has 0 radical (unpaired) electrons. The highest BCUT2D eigenvalue weighted by atomic mass is 79.9. The fraction of sp³-hybridized carbons (Fsp3) is 0.200. The number of sulfonamides is 1. The average Bonchev–Trinajstić information content (AvgIpc) is 2.92. The molecule has 11 heteroatoms. The first-order valence-corrected chi connectivity index (χ1v) is 11.5. The molecule has 2 aliphatic rings. The second-order valence-corrected chi connectivity index (χ2v) is 9.75. The van der Waals surface area contributed by atoms with Gasteiger partial charge in [0.1, 0.15) is 10.9 Å². The van der Waals surface area contributed by atoms with Crippen molar-refractivity contribution in [1.29, 1.82) is 0 Å². The van der Waals surface area contributed by atoms with Gasteiger partial charge in [-0.25, -0.2) is 8.42 Å². The Kier molecular flexibility index (Phi) is 5.18. The van der Waals surface area contributed by atoms with Crippen molar-refractivity contribution in [3.63, 3.8) is 0 Å². The number of nitrogens with zero attached hydrogens (tertiary/aromatic N) is 1. The van der Waals surface area contributed by atoms with Gasteiger partial charge in [0.05, 0.1) is 11.1 Å². The molecule has 2 aromatic carbocycles. The molecule has 4 amide bonds. The molecule has 2 aromatic rings. The van der Waals surface area contributed by atoms with Gasteiger partial charge in [-0.1, -0.05) is 6.07 Å². The molecule has 0 spiro atoms. The highest BCUT2D eigenvalue weighted by Gasteiger charge is 2.44. The van der Waals surface area contributed by atoms with Gasteiger partial charge in [-0.2, -0.15) is 0 Å². The Morgan fingerprint density at radius 1 is 1.03 bits per heavy atom. The number of nitrogens with one attached hydrogen (secondary N) is 2. The largest absolute Gasteiger partial charge is 0.295 e. The van der Waals surface area contributed by atoms with Gasteiger partial charge in [-0.05, 0) is 65.2 Å². The van der Waals surface area contributed by atoms with Crippen molar-refractivity contribution >= 4 is 55.3 Å². The molecule has 31 heavy (non-hydrogen) atoms. The molecule has 2 aliphatic heterocycles. The molecule has 2 N–H and O–H groups in total. The third-order valence-corrected chi connectivity index (χ3v) is 7.43. The Balaban J connectivity index is 1.63. The van der Waals surface area contributed by atoms with E-state index in [4.69, 9.17) is 0 Å². The Bertz CT molecular complexity index is 1270. The van der Waals surface area contributed by atoms with Crippen LogP contribution in [-0.2, 0) is 19.6 Å². The summed E-state index contributed by atoms with van der Waals surface area (Å²) in [4.78, 5) is 49.9. The third-order valence-electron chi connectivity index (χ3n) is 5.07. The number of halogens is 1. The number of anilines is 1. The van der Waals surface area contributed by atoms with Crippen LogP contribution in [0.3, 0.4) is 0 Å². The number of hydrogen-bond donors (Lipinski definition) is 2. The van der Waals surface area contributed by atoms with Crippen molar-refractivity contribution in [3.05, 3.63) is 57.6 Å². The Morgan fingerprint density at radius 3 is 2.42 bits per heavy atom. The zero-order chi connectivity index (χ0) is 22.5. The predicted octanol–water partition coefficient (Wildman–Crippen LogP) is 1.96. The minimum atomic E-state index is -3.97. The van der Waals surface area contributed by atoms with Crippen LogP contribution in [0.25, 0.3) is 0 Å². The molecule has 1 fully saturated rings. The Morgan fingerprint density at radius 2 is 1.74 bits per heavy atom. The number of benzene rings is 2. The molecule has 1 atom stereocenters. The van der Waals surface area contributed by atoms with Crippen LogP contribution in [0.2, 0.25) is 0 Å². The quantitative estimate of drug-likeness (QED) is 0.610. The van der Waals surface area contributed by atoms with Gasteiger partial charge in [0.15, 0.2) is 0 Å². The molecular formula is C20H16BrN3O6S. The van der Waals surface area contributed by atoms with Crippen LogP contribution in [-0.4, -0.2) is 43.0 Å². The Labute approximate surface area is 186 Å². The molecule has 1 saturated heterocycles. The number of carbonyl (C=O) groups excluding carboxylic acids is 4. The van der Waals surface area contributed by atoms with E-state index >= 15 is 0 Å². The molecular weight excluding hydrogens is 490 g/mol. The maximum absolute atomic E-state index is 12.9. The van der Waals surface area contributed by atoms with Crippen molar-refractivity contribution in [2.24, 2.45) is 0 Å². The van der Waals surface area contributed by atoms with Gasteiger partial charge in [0.2, 0.25) is 11.8 Å². The van der Waals surface area contributed by atoms with Crippen molar-refractivity contribution in [1.82, 2.24) is 10.2 Å². The molecule has 4 rings (SSSR count). The normalized spacial score (nSPS) is 18.8. The number of carbonyl (C=O) groups is 4. The van der Waals surface area contributed by atoms with Crippen molar-refractivity contribution in [2.75, 3.05) is 4.72 Å². The summed E-state index contributed by atoms with van der Waals surface area (Å²) in [5.74, 6) is -2.55. The molecule has 0 aromatic heterocycles. The summed E-state index contributed by atoms with van der Waals surface area (Å²) in [6.45, 7) is 1.83. The van der Waals surface area contributed by atoms with E-state index in [9.17, 15) is 27.6 Å². The summed E-state index contributed by atoms with van der Waals surface area (Å²) >= 11 is 3.24. The van der Waals surface area contributed by atoms with Crippen molar-refractivity contribution < 1.29 is 27.6 Å². The van der Waals surface area contributed by atoms with Gasteiger partial charge < -0.3 is 0 Å². The first kappa shape index (κ1) is 21.2. The number of hydrogen-bond acceptors (Lipinski definition) is 6. The highest BCUT2D eigenvalue weighted by Crippen LogP contribution is 2.31. The van der Waals surface area contributed by atoms with Crippen LogP contribution in [0.1, 0.15) is 39.1 Å². The number of aryl methyl sites for hydroxylation is 1. The van der Waals surface area contributed by atoms with E-state index in [-0.39, 0.29) is 34.6 Å². The van der Waals surface area contributed by atoms with Crippen LogP contribution >= 0.6 is 15.9 Å². The third kappa shape index (κ3) is 3.74. The van der Waals surface area contributed by atoms with Crippen molar-refractivity contribution in [2.45, 2.75) is 30.7 Å². The molecule has 1 unspecified atom stereocenters. The molecule has 0 saturated carbocycles. The summed E-state index contributed by atoms with van der Waals surface area (Å²) in [6, 6.07) is 7.66. The summed E-state index contributed by atoms with van der Waals surface area (Å²) in [7, 11) is -3.97. The van der Waals surface area contributed by atoms with E-state index < -0.39 is 39.7 Å². The summed E-state index contributed by atoms with van der Waals surface area (Å²) in [5, 5.41) is 2.12. The van der Waals surface area contributed by atoms with Crippen LogP contribution in [0.4, 0.5) is 5.69 Å². The van der Waals surface area contributed by atoms with E-state index in [0.717, 1.165) is 10.5 Å². The molecule has 9 nitrogen and oxygen atoms in total. The minimum absolute atomic E-state index is 0.0142. The van der Waals surface area contributed by atoms with Crippen LogP contribution < -0.4 is 10.0 Å². The SMILES string of the molecule is Cc1ccc(S(=O)(=O)Nc2ccc3c(c2)C(=O)N(C2CCC(=O)NC2=O)C3=O)c(Br)c1. The zero-order valence-electron chi connectivity index (χ0n) is 16.1. The second kappa shape index (κ2) is 7.57. The Hall–Kier alpha value is -3.05. The zero-order valence-corrected chi connectivity index (χ0v) is 18.5. The number of piperidine rings is 1. The summed E-state index contributed by atoms with van der Waals surface area (Å²) < 4.78 is 28.3. The molecule has 0 bridgehead atoms. The van der Waals surface area contributed by atoms with Gasteiger partial charge in [-0.3, -0.25) is 34.1 Å². The smallest absolute Gasteiger partial charge is 0.263 e. The lowest BCUT2D eigenvalue weighted by atomic mass is 10.0. The van der Waals surface area contributed by atoms with E-state index in [2.05, 4.69) is 26.0 Å². The van der Waals surface area contributed by atoms with Gasteiger partial charge in [0.25, 0.3) is 21.8 Å². The summed E-state index contributed by atoms with van der Waals surface area (Å²) in [6.07, 6.45) is 0.0529. The molecule has 160 valence electrons. The fourth-order valence-corrected chi connectivity index (χ4v) is 5.81. The van der Waals surface area contributed by atoms with E-state index in [0.29, 0.717) is 4.47 Å². The maximum atomic E-state index is 12.9. The van der Waals surface area contributed by atoms with Crippen LogP contribution in [0, 0.1) is 6.92 Å². The topological polar surface area (TPSA) is 130 Å². The van der Waals surface area contributed by atoms with Gasteiger partial charge in [0, 0.05) is 16.6 Å². The van der Waals surface area contributed by atoms with Crippen LogP contribution in [0.5, 0.6) is 0 Å². The number of imide groups is 2. The van der Waals surface area contributed by atoms with E-state index in [1.807, 2.05) is 6.92 Å². The lowest BCUT2D eigenvalue weighted by Crippen LogP contribution is -2.54. The van der Waals surface area contributed by atoms with Crippen molar-refractivity contribution in [3.8, 4) is 0 Å². The summed E-state index contributed by atoms with van der Waals surface area (Å²) in [5.41, 5.74) is 1.02. The monoisotopic (exact) mass is 505 g/mol. The minimum Gasteiger partial charge on any atom is -0.295 e. The number of rotatable bonds is 4. The number of fused-ring (bicyclic) bond motifs is 1. The maximum Gasteiger partial charge on any atom is 0.263 e. The predicted molar refractivity (Wildman–Crippen MR) is 113 cm³/mol. The van der Waals surface area contributed by atoms with E-state index in [1.165, 1.54) is 24.3 Å². The first-order chi connectivity index (χ1) is 14.6. The standard InChI is InChI=1S/C20H16BrN3O6S/c1-10-2-6-16(14(21)8-10)31(29,30)23-11-3-4-12-13(9-11)20(28)24(19(12)27)15-5-7-17(25)22-18(15)26/h2-4,6,8-9,15,23H,5,7H2,1H3,(H,22,25,26). The average molecular weight is 506 g/mol. The van der Waals surface area contributed by atoms with Crippen LogP contribution in [0.15, 0.2) is 45.8 Å². The number of amides is 4. The van der Waals surface area contributed by atoms with E-state index in [1.54, 1.807) is 12.1 Å². The lowest BCUT2D eigenvalue weighted by Gasteiger charge is -2.27. The lowest BCUT2D eigenvalue weighted by molar-refractivity contribution is -0.136. The molecule has 2 heterocycles. The first-order valence-electron chi connectivity index (χ1n) is 9.23.